The van der Waals surface area contributed by atoms with E-state index in [2.05, 4.69) is 0 Å². The van der Waals surface area contributed by atoms with Crippen molar-refractivity contribution >= 4 is 58.0 Å². The van der Waals surface area contributed by atoms with Gasteiger partial charge in [-0.3, -0.25) is 14.4 Å². The molecule has 2 amide bonds. The molecule has 3 aromatic carbocycles. The molecule has 0 spiro atoms. The van der Waals surface area contributed by atoms with Gasteiger partial charge in [0, 0.05) is 5.02 Å². The number of nitrogens with zero attached hydrogens (tertiary/aromatic N) is 2. The molecule has 0 saturated carbocycles. The van der Waals surface area contributed by atoms with E-state index in [1.807, 2.05) is 42.5 Å². The zero-order valence-corrected chi connectivity index (χ0v) is 18.2. The van der Waals surface area contributed by atoms with Gasteiger partial charge in [-0.25, -0.2) is 9.96 Å². The second kappa shape index (κ2) is 7.84. The largest absolute Gasteiger partial charge is 0.273 e. The molecule has 2 saturated heterocycles. The lowest BCUT2D eigenvalue weighted by atomic mass is 9.90. The number of anilines is 2. The molecular formula is C23H15Cl3N2O3. The predicted molar refractivity (Wildman–Crippen MR) is 120 cm³/mol. The van der Waals surface area contributed by atoms with E-state index in [9.17, 15) is 9.59 Å². The van der Waals surface area contributed by atoms with Gasteiger partial charge < -0.3 is 0 Å². The predicted octanol–water partition coefficient (Wildman–Crippen LogP) is 5.70. The topological polar surface area (TPSA) is 49.9 Å². The third-order valence-electron chi connectivity index (χ3n) is 5.50. The van der Waals surface area contributed by atoms with Crippen molar-refractivity contribution in [3.8, 4) is 0 Å². The lowest BCUT2D eigenvalue weighted by Crippen LogP contribution is -2.37. The van der Waals surface area contributed by atoms with Crippen LogP contribution >= 0.6 is 34.8 Å². The van der Waals surface area contributed by atoms with Crippen LogP contribution in [0.1, 0.15) is 11.6 Å². The van der Waals surface area contributed by atoms with Crippen molar-refractivity contribution in [1.29, 1.82) is 0 Å². The molecule has 2 fully saturated rings. The third-order valence-corrected chi connectivity index (χ3v) is 6.36. The highest BCUT2D eigenvalue weighted by Gasteiger charge is 2.60. The summed E-state index contributed by atoms with van der Waals surface area (Å²) in [6.45, 7) is 0. The van der Waals surface area contributed by atoms with E-state index in [4.69, 9.17) is 39.6 Å². The van der Waals surface area contributed by atoms with Crippen molar-refractivity contribution in [3.05, 3.63) is 93.4 Å². The molecule has 3 atom stereocenters. The fourth-order valence-electron chi connectivity index (χ4n) is 4.14. The van der Waals surface area contributed by atoms with Crippen molar-refractivity contribution in [1.82, 2.24) is 0 Å². The lowest BCUT2D eigenvalue weighted by Gasteiger charge is -2.29. The number of carbonyl (C=O) groups excluding carboxylic acids is 2. The molecular weight excluding hydrogens is 459 g/mol. The monoisotopic (exact) mass is 472 g/mol. The Balaban J connectivity index is 1.61. The van der Waals surface area contributed by atoms with Crippen molar-refractivity contribution in [2.45, 2.75) is 12.1 Å². The van der Waals surface area contributed by atoms with Gasteiger partial charge in [0.2, 0.25) is 5.91 Å². The number of carbonyl (C=O) groups is 2. The van der Waals surface area contributed by atoms with Gasteiger partial charge in [0.25, 0.3) is 5.91 Å². The molecule has 0 aliphatic carbocycles. The Labute approximate surface area is 193 Å². The number of para-hydroxylation sites is 2. The summed E-state index contributed by atoms with van der Waals surface area (Å²) in [6.07, 6.45) is -0.999. The summed E-state index contributed by atoms with van der Waals surface area (Å²) in [5.41, 5.74) is 1.72. The molecule has 5 rings (SSSR count). The van der Waals surface area contributed by atoms with E-state index in [0.29, 0.717) is 5.02 Å². The first-order valence-corrected chi connectivity index (χ1v) is 10.7. The number of hydrogen-bond acceptors (Lipinski definition) is 4. The fourth-order valence-corrected chi connectivity index (χ4v) is 4.83. The molecule has 5 nitrogen and oxygen atoms in total. The summed E-state index contributed by atoms with van der Waals surface area (Å²) < 4.78 is 0. The molecule has 2 heterocycles. The van der Waals surface area contributed by atoms with Gasteiger partial charge in [-0.15, -0.1) is 0 Å². The summed E-state index contributed by atoms with van der Waals surface area (Å²) in [5.74, 6) is -1.69. The van der Waals surface area contributed by atoms with E-state index in [0.717, 1.165) is 16.2 Å². The van der Waals surface area contributed by atoms with Crippen LogP contribution in [0.2, 0.25) is 15.1 Å². The standard InChI is InChI=1S/C23H15Cl3N2O3/c24-14-11-9-13(10-12-14)19-18-21(31-28(19)15-5-2-1-3-6-15)23(30)27(22(18)29)20-16(25)7-4-8-17(20)26/h1-12,18-19,21H. The van der Waals surface area contributed by atoms with Crippen LogP contribution in [0.3, 0.4) is 0 Å². The molecule has 31 heavy (non-hydrogen) atoms. The average molecular weight is 474 g/mol. The Morgan fingerprint density at radius 3 is 2.03 bits per heavy atom. The molecule has 3 unspecified atom stereocenters. The minimum Gasteiger partial charge on any atom is -0.273 e. The molecule has 0 bridgehead atoms. The molecule has 0 radical (unpaired) electrons. The maximum Gasteiger partial charge on any atom is 0.266 e. The summed E-state index contributed by atoms with van der Waals surface area (Å²) in [4.78, 5) is 34.0. The highest BCUT2D eigenvalue weighted by atomic mass is 35.5. The van der Waals surface area contributed by atoms with Crippen LogP contribution in [-0.2, 0) is 14.4 Å². The van der Waals surface area contributed by atoms with Crippen LogP contribution in [0.5, 0.6) is 0 Å². The van der Waals surface area contributed by atoms with Crippen molar-refractivity contribution in [2.24, 2.45) is 5.92 Å². The van der Waals surface area contributed by atoms with Gasteiger partial charge in [-0.05, 0) is 42.0 Å². The first-order chi connectivity index (χ1) is 15.0. The van der Waals surface area contributed by atoms with Gasteiger partial charge in [0.05, 0.1) is 27.5 Å². The van der Waals surface area contributed by atoms with Crippen molar-refractivity contribution < 1.29 is 14.4 Å². The first kappa shape index (κ1) is 20.3. The molecule has 2 aliphatic heterocycles. The minimum absolute atomic E-state index is 0.181. The molecule has 156 valence electrons. The van der Waals surface area contributed by atoms with Crippen LogP contribution in [0, 0.1) is 5.92 Å². The van der Waals surface area contributed by atoms with Gasteiger partial charge in [-0.2, -0.15) is 0 Å². The van der Waals surface area contributed by atoms with Crippen LogP contribution in [-0.4, -0.2) is 17.9 Å². The zero-order chi connectivity index (χ0) is 21.7. The van der Waals surface area contributed by atoms with Gasteiger partial charge in [0.1, 0.15) is 5.92 Å². The minimum atomic E-state index is -0.999. The van der Waals surface area contributed by atoms with Gasteiger partial charge in [0.15, 0.2) is 6.10 Å². The zero-order valence-electron chi connectivity index (χ0n) is 15.9. The van der Waals surface area contributed by atoms with E-state index < -0.39 is 29.9 Å². The fraction of sp³-hybridized carbons (Fsp3) is 0.130. The Morgan fingerprint density at radius 2 is 1.39 bits per heavy atom. The van der Waals surface area contributed by atoms with E-state index in [-0.39, 0.29) is 15.7 Å². The van der Waals surface area contributed by atoms with E-state index in [1.165, 1.54) is 0 Å². The number of amides is 2. The maximum atomic E-state index is 13.6. The first-order valence-electron chi connectivity index (χ1n) is 9.55. The number of halogens is 3. The number of rotatable bonds is 3. The summed E-state index contributed by atoms with van der Waals surface area (Å²) in [6, 6.07) is 20.8. The number of benzene rings is 3. The second-order valence-electron chi connectivity index (χ2n) is 7.29. The van der Waals surface area contributed by atoms with Crippen LogP contribution in [0.15, 0.2) is 72.8 Å². The second-order valence-corrected chi connectivity index (χ2v) is 8.54. The van der Waals surface area contributed by atoms with Crippen LogP contribution in [0.25, 0.3) is 0 Å². The van der Waals surface area contributed by atoms with Crippen LogP contribution < -0.4 is 9.96 Å². The lowest BCUT2D eigenvalue weighted by molar-refractivity contribution is -0.126. The summed E-state index contributed by atoms with van der Waals surface area (Å²) in [5, 5.41) is 2.64. The Hall–Kier alpha value is -2.57. The van der Waals surface area contributed by atoms with Crippen molar-refractivity contribution in [2.75, 3.05) is 9.96 Å². The van der Waals surface area contributed by atoms with E-state index in [1.54, 1.807) is 35.4 Å². The Kier molecular flexibility index (Phi) is 5.15. The average Bonchev–Trinajstić information content (AvgIpc) is 3.27. The van der Waals surface area contributed by atoms with E-state index >= 15 is 0 Å². The van der Waals surface area contributed by atoms with Crippen LogP contribution in [0.4, 0.5) is 11.4 Å². The van der Waals surface area contributed by atoms with Crippen molar-refractivity contribution in [3.63, 3.8) is 0 Å². The molecule has 0 aromatic heterocycles. The smallest absolute Gasteiger partial charge is 0.266 e. The Morgan fingerprint density at radius 1 is 0.742 bits per heavy atom. The highest BCUT2D eigenvalue weighted by Crippen LogP contribution is 2.49. The quantitative estimate of drug-likeness (QED) is 0.458. The van der Waals surface area contributed by atoms with Gasteiger partial charge in [-0.1, -0.05) is 71.2 Å². The molecule has 3 aromatic rings. The highest BCUT2D eigenvalue weighted by molar-refractivity contribution is 6.42. The molecule has 0 N–H and O–H groups in total. The van der Waals surface area contributed by atoms with Gasteiger partial charge >= 0.3 is 0 Å². The molecule has 8 heteroatoms. The number of fused-ring (bicyclic) bond motifs is 1. The SMILES string of the molecule is O=C1C2ON(c3ccccc3)C(c3ccc(Cl)cc3)C2C(=O)N1c1c(Cl)cccc1Cl. The normalized spacial score (nSPS) is 22.9. The molecule has 2 aliphatic rings. The Bertz CT molecular complexity index is 1150. The number of imide groups is 1. The maximum absolute atomic E-state index is 13.6. The summed E-state index contributed by atoms with van der Waals surface area (Å²) >= 11 is 18.7. The number of hydrogen-bond donors (Lipinski definition) is 0. The third kappa shape index (κ3) is 3.29. The summed E-state index contributed by atoms with van der Waals surface area (Å²) in [7, 11) is 0. The number of hydroxylamine groups is 1.